The molecule has 3 aromatic rings. The Morgan fingerprint density at radius 2 is 1.35 bits per heavy atom. The lowest BCUT2D eigenvalue weighted by Crippen LogP contribution is -2.53. The van der Waals surface area contributed by atoms with Crippen LogP contribution in [0.3, 0.4) is 0 Å². The van der Waals surface area contributed by atoms with Crippen molar-refractivity contribution in [1.29, 1.82) is 0 Å². The number of hydrogen-bond donors (Lipinski definition) is 2. The molecule has 0 saturated heterocycles. The molecular weight excluding hydrogens is 492 g/mol. The van der Waals surface area contributed by atoms with Crippen molar-refractivity contribution in [2.45, 2.75) is 36.4 Å². The summed E-state index contributed by atoms with van der Waals surface area (Å²) >= 11 is 0. The van der Waals surface area contributed by atoms with Crippen LogP contribution in [0.2, 0.25) is 0 Å². The van der Waals surface area contributed by atoms with Gasteiger partial charge >= 0.3 is 12.1 Å². The summed E-state index contributed by atoms with van der Waals surface area (Å²) < 4.78 is 22.8. The van der Waals surface area contributed by atoms with Gasteiger partial charge in [0.05, 0.1) is 17.9 Å². The van der Waals surface area contributed by atoms with Crippen LogP contribution in [0.25, 0.3) is 0 Å². The van der Waals surface area contributed by atoms with Gasteiger partial charge in [0.15, 0.2) is 0 Å². The molecule has 2 amide bonds. The highest BCUT2D eigenvalue weighted by Crippen LogP contribution is 2.10. The van der Waals surface area contributed by atoms with Gasteiger partial charge in [-0.15, -0.1) is 0 Å². The molecule has 0 aromatic heterocycles. The highest BCUT2D eigenvalue weighted by Gasteiger charge is 2.28. The highest BCUT2D eigenvalue weighted by molar-refractivity contribution is 7.85. The van der Waals surface area contributed by atoms with Gasteiger partial charge in [0.25, 0.3) is 0 Å². The number of methoxy groups -OCH3 is 1. The fourth-order valence-electron chi connectivity index (χ4n) is 3.54. The first kappa shape index (κ1) is 27.6. The van der Waals surface area contributed by atoms with Crippen LogP contribution in [0.4, 0.5) is 4.79 Å². The van der Waals surface area contributed by atoms with Crippen LogP contribution >= 0.6 is 0 Å². The van der Waals surface area contributed by atoms with Gasteiger partial charge in [0, 0.05) is 17.1 Å². The largest absolute Gasteiger partial charge is 0.467 e. The molecule has 0 aliphatic rings. The first-order valence-corrected chi connectivity index (χ1v) is 13.1. The predicted octanol–water partition coefficient (Wildman–Crippen LogP) is 3.38. The van der Waals surface area contributed by atoms with Gasteiger partial charge < -0.3 is 20.1 Å². The fourth-order valence-corrected chi connectivity index (χ4v) is 4.69. The zero-order valence-electron chi connectivity index (χ0n) is 20.5. The van der Waals surface area contributed by atoms with Crippen LogP contribution in [-0.2, 0) is 42.9 Å². The van der Waals surface area contributed by atoms with E-state index >= 15 is 0 Å². The molecule has 0 spiro atoms. The van der Waals surface area contributed by atoms with Crippen molar-refractivity contribution in [3.05, 3.63) is 102 Å². The van der Waals surface area contributed by atoms with E-state index in [9.17, 15) is 18.6 Å². The molecule has 9 heteroatoms. The second-order valence-corrected chi connectivity index (χ2v) is 9.75. The number of carbonyl (C=O) groups is 3. The summed E-state index contributed by atoms with van der Waals surface area (Å²) in [6, 6.07) is 25.1. The minimum atomic E-state index is -1.36. The third-order valence-corrected chi connectivity index (χ3v) is 6.91. The lowest BCUT2D eigenvalue weighted by molar-refractivity contribution is -0.145. The zero-order chi connectivity index (χ0) is 26.5. The Hall–Kier alpha value is -3.98. The Bertz CT molecular complexity index is 1180. The van der Waals surface area contributed by atoms with Crippen LogP contribution in [0.1, 0.15) is 17.5 Å². The smallest absolute Gasteiger partial charge is 0.408 e. The molecule has 8 nitrogen and oxygen atoms in total. The lowest BCUT2D eigenvalue weighted by Gasteiger charge is -2.22. The number of hydrogen-bond acceptors (Lipinski definition) is 6. The van der Waals surface area contributed by atoms with Gasteiger partial charge in [0.2, 0.25) is 5.91 Å². The van der Waals surface area contributed by atoms with E-state index < -0.39 is 40.9 Å². The maximum atomic E-state index is 13.2. The number of esters is 1. The van der Waals surface area contributed by atoms with Crippen molar-refractivity contribution in [3.63, 3.8) is 0 Å². The highest BCUT2D eigenvalue weighted by atomic mass is 32.2. The number of nitrogens with one attached hydrogen (secondary N) is 2. The van der Waals surface area contributed by atoms with Gasteiger partial charge in [-0.1, -0.05) is 78.9 Å². The molecule has 0 unspecified atom stereocenters. The Kier molecular flexibility index (Phi) is 10.9. The first-order valence-electron chi connectivity index (χ1n) is 11.8. The summed E-state index contributed by atoms with van der Waals surface area (Å²) in [6.07, 6.45) is -0.493. The molecule has 194 valence electrons. The predicted molar refractivity (Wildman–Crippen MR) is 140 cm³/mol. The molecule has 3 rings (SSSR count). The van der Waals surface area contributed by atoms with E-state index in [-0.39, 0.29) is 25.2 Å². The Balaban J connectivity index is 1.67. The van der Waals surface area contributed by atoms with E-state index in [1.807, 2.05) is 66.7 Å². The Labute approximate surface area is 218 Å². The van der Waals surface area contributed by atoms with Gasteiger partial charge in [-0.25, -0.2) is 9.59 Å². The summed E-state index contributed by atoms with van der Waals surface area (Å²) in [5.41, 5.74) is 1.62. The summed E-state index contributed by atoms with van der Waals surface area (Å²) in [7, 11) is -0.140. The molecule has 0 radical (unpaired) electrons. The first-order chi connectivity index (χ1) is 18.0. The van der Waals surface area contributed by atoms with E-state index in [0.717, 1.165) is 11.1 Å². The molecule has 0 aliphatic carbocycles. The molecule has 0 saturated carbocycles. The van der Waals surface area contributed by atoms with Crippen molar-refractivity contribution in [3.8, 4) is 0 Å². The van der Waals surface area contributed by atoms with Gasteiger partial charge in [-0.05, 0) is 29.7 Å². The molecule has 0 fully saturated rings. The second-order valence-electron chi connectivity index (χ2n) is 8.18. The fraction of sp³-hybridized carbons (Fsp3) is 0.250. The maximum absolute atomic E-state index is 13.2. The minimum Gasteiger partial charge on any atom is -0.467 e. The van der Waals surface area contributed by atoms with Gasteiger partial charge in [-0.3, -0.25) is 9.00 Å². The van der Waals surface area contributed by atoms with Crippen molar-refractivity contribution < 1.29 is 28.1 Å². The third kappa shape index (κ3) is 9.20. The summed E-state index contributed by atoms with van der Waals surface area (Å²) in [4.78, 5) is 38.8. The summed E-state index contributed by atoms with van der Waals surface area (Å²) in [5, 5.41) is 5.26. The van der Waals surface area contributed by atoms with E-state index in [0.29, 0.717) is 4.90 Å². The Morgan fingerprint density at radius 3 is 1.95 bits per heavy atom. The zero-order valence-corrected chi connectivity index (χ0v) is 21.3. The molecule has 0 heterocycles. The number of amides is 2. The lowest BCUT2D eigenvalue weighted by atomic mass is 10.0. The van der Waals surface area contributed by atoms with Gasteiger partial charge in [0.1, 0.15) is 18.7 Å². The second kappa shape index (κ2) is 14.5. The van der Waals surface area contributed by atoms with Crippen molar-refractivity contribution in [2.75, 3.05) is 12.9 Å². The average molecular weight is 523 g/mol. The average Bonchev–Trinajstić information content (AvgIpc) is 2.94. The normalized spacial score (nSPS) is 13.0. The molecule has 37 heavy (non-hydrogen) atoms. The molecule has 3 atom stereocenters. The molecule has 3 aromatic carbocycles. The monoisotopic (exact) mass is 522 g/mol. The van der Waals surface area contributed by atoms with Crippen LogP contribution in [0, 0.1) is 0 Å². The number of carbonyl (C=O) groups excluding carboxylic acids is 3. The van der Waals surface area contributed by atoms with Crippen LogP contribution in [0.15, 0.2) is 95.9 Å². The molecule has 0 bridgehead atoms. The van der Waals surface area contributed by atoms with Crippen LogP contribution in [0.5, 0.6) is 0 Å². The minimum absolute atomic E-state index is 0.0441. The van der Waals surface area contributed by atoms with Crippen molar-refractivity contribution in [1.82, 2.24) is 10.6 Å². The number of benzene rings is 3. The van der Waals surface area contributed by atoms with E-state index in [4.69, 9.17) is 9.47 Å². The van der Waals surface area contributed by atoms with Crippen molar-refractivity contribution in [2.24, 2.45) is 0 Å². The Morgan fingerprint density at radius 1 is 0.784 bits per heavy atom. The van der Waals surface area contributed by atoms with E-state index in [2.05, 4.69) is 10.6 Å². The molecule has 0 aliphatic heterocycles. The third-order valence-electron chi connectivity index (χ3n) is 5.50. The number of alkyl carbamates (subject to hydrolysis) is 1. The quantitative estimate of drug-likeness (QED) is 0.353. The maximum Gasteiger partial charge on any atom is 0.408 e. The standard InChI is InChI=1S/C28H30N2O6S/c1-35-27(32)24(17-18-37(34)23-15-9-4-10-16-23)29-26(31)25(19-21-11-5-2-6-12-21)30-28(33)36-20-22-13-7-3-8-14-22/h2-16,24-25H,17-20H2,1H3,(H,29,31)(H,30,33)/t24-,25+,37+/m0/s1. The summed E-state index contributed by atoms with van der Waals surface area (Å²) in [5.74, 6) is -1.11. The van der Waals surface area contributed by atoms with Crippen LogP contribution in [-0.4, -0.2) is 47.1 Å². The van der Waals surface area contributed by atoms with E-state index in [1.165, 1.54) is 7.11 Å². The molecular formula is C28H30N2O6S. The topological polar surface area (TPSA) is 111 Å². The number of rotatable bonds is 12. The summed E-state index contributed by atoms with van der Waals surface area (Å²) in [6.45, 7) is 0.0441. The molecule has 2 N–H and O–H groups in total. The van der Waals surface area contributed by atoms with Crippen LogP contribution < -0.4 is 10.6 Å². The van der Waals surface area contributed by atoms with Crippen molar-refractivity contribution >= 4 is 28.8 Å². The van der Waals surface area contributed by atoms with Gasteiger partial charge in [-0.2, -0.15) is 0 Å². The number of ether oxygens (including phenoxy) is 2. The van der Waals surface area contributed by atoms with E-state index in [1.54, 1.807) is 24.3 Å². The SMILES string of the molecule is COC(=O)[C@H](CC[S@@](=O)c1ccccc1)NC(=O)[C@@H](Cc1ccccc1)NC(=O)OCc1ccccc1.